The number of fused-ring (bicyclic) bond motifs is 3. The van der Waals surface area contributed by atoms with Crippen molar-refractivity contribution in [3.05, 3.63) is 40.7 Å². The summed E-state index contributed by atoms with van der Waals surface area (Å²) in [6.07, 6.45) is -1.04. The van der Waals surface area contributed by atoms with Gasteiger partial charge in [0.05, 0.1) is 11.7 Å². The molecule has 1 amide bonds. The van der Waals surface area contributed by atoms with Gasteiger partial charge >= 0.3 is 0 Å². The van der Waals surface area contributed by atoms with Gasteiger partial charge in [0.1, 0.15) is 17.4 Å². The second kappa shape index (κ2) is 6.63. The van der Waals surface area contributed by atoms with Gasteiger partial charge in [0, 0.05) is 17.5 Å². The van der Waals surface area contributed by atoms with Crippen molar-refractivity contribution in [1.29, 1.82) is 0 Å². The zero-order valence-corrected chi connectivity index (χ0v) is 16.6. The molecule has 1 fully saturated rings. The number of hydrogen-bond acceptors (Lipinski definition) is 8. The highest BCUT2D eigenvalue weighted by Crippen LogP contribution is 2.52. The van der Waals surface area contributed by atoms with E-state index in [2.05, 4.69) is 0 Å². The van der Waals surface area contributed by atoms with E-state index in [9.17, 15) is 34.8 Å². The topological polar surface area (TPSA) is 161 Å². The first-order valence-corrected chi connectivity index (χ1v) is 9.71. The van der Waals surface area contributed by atoms with E-state index >= 15 is 0 Å². The number of phenolic OH excluding ortho intramolecular Hbond substituents is 1. The van der Waals surface area contributed by atoms with E-state index in [0.29, 0.717) is 12.0 Å². The third-order valence-electron chi connectivity index (χ3n) is 6.83. The van der Waals surface area contributed by atoms with Gasteiger partial charge in [0.2, 0.25) is 5.91 Å². The predicted molar refractivity (Wildman–Crippen MR) is 104 cm³/mol. The highest BCUT2D eigenvalue weighted by atomic mass is 16.3. The van der Waals surface area contributed by atoms with Crippen molar-refractivity contribution in [3.63, 3.8) is 0 Å². The number of aromatic hydroxyl groups is 1. The monoisotopic (exact) mass is 416 g/mol. The van der Waals surface area contributed by atoms with Gasteiger partial charge in [0.25, 0.3) is 0 Å². The average Bonchev–Trinajstić information content (AvgIpc) is 2.64. The van der Waals surface area contributed by atoms with Gasteiger partial charge in [-0.2, -0.15) is 0 Å². The lowest BCUT2D eigenvalue weighted by Crippen LogP contribution is -2.71. The Balaban J connectivity index is 1.93. The fraction of sp³-hybridized carbons (Fsp3) is 0.476. The molecule has 0 heterocycles. The van der Waals surface area contributed by atoms with Crippen LogP contribution in [0.4, 0.5) is 0 Å². The molecule has 1 saturated carbocycles. The predicted octanol–water partition coefficient (Wildman–Crippen LogP) is -0.714. The number of Topliss-reactive ketones (excluding diaryl/α,β-unsaturated/α-hetero) is 2. The van der Waals surface area contributed by atoms with Crippen LogP contribution in [0.15, 0.2) is 29.5 Å². The molecule has 9 heteroatoms. The molecule has 6 atom stereocenters. The number of carbonyl (C=O) groups excluding carboxylic acids is 3. The summed E-state index contributed by atoms with van der Waals surface area (Å²) in [4.78, 5) is 39.8. The van der Waals surface area contributed by atoms with Crippen molar-refractivity contribution in [2.45, 2.75) is 30.6 Å². The molecular formula is C21H24N2O7. The second-order valence-corrected chi connectivity index (χ2v) is 8.60. The smallest absolute Gasteiger partial charge is 0.230 e. The van der Waals surface area contributed by atoms with Crippen LogP contribution >= 0.6 is 0 Å². The highest BCUT2D eigenvalue weighted by Gasteiger charge is 2.66. The molecule has 2 unspecified atom stereocenters. The SMILES string of the molecule is CN(C)[C@@H]1C(O)C(C(N)=O)C(=O)[C@@]2(O)C(O)=C3C(=O)c4c(O)cccc4C[C@H]3C[C@@H]12. The van der Waals surface area contributed by atoms with Gasteiger partial charge < -0.3 is 31.1 Å². The third-order valence-corrected chi connectivity index (χ3v) is 6.83. The minimum atomic E-state index is -2.54. The fourth-order valence-corrected chi connectivity index (χ4v) is 5.54. The van der Waals surface area contributed by atoms with Crippen LogP contribution in [-0.2, 0) is 16.0 Å². The zero-order valence-electron chi connectivity index (χ0n) is 16.6. The summed E-state index contributed by atoms with van der Waals surface area (Å²) >= 11 is 0. The molecule has 3 aliphatic rings. The maximum atomic E-state index is 13.1. The molecule has 0 aliphatic heterocycles. The number of phenols is 1. The molecule has 4 rings (SSSR count). The summed E-state index contributed by atoms with van der Waals surface area (Å²) in [6.45, 7) is 0. The number of benzene rings is 1. The minimum absolute atomic E-state index is 0.0243. The summed E-state index contributed by atoms with van der Waals surface area (Å²) in [6, 6.07) is 3.80. The first kappa shape index (κ1) is 20.5. The largest absolute Gasteiger partial charge is 0.508 e. The Labute approximate surface area is 172 Å². The quantitative estimate of drug-likeness (QED) is 0.395. The van der Waals surface area contributed by atoms with Crippen molar-refractivity contribution in [3.8, 4) is 5.75 Å². The Hall–Kier alpha value is -2.75. The Morgan fingerprint density at radius 3 is 2.50 bits per heavy atom. The lowest BCUT2D eigenvalue weighted by Gasteiger charge is -2.53. The van der Waals surface area contributed by atoms with Crippen molar-refractivity contribution >= 4 is 17.5 Å². The second-order valence-electron chi connectivity index (χ2n) is 8.60. The van der Waals surface area contributed by atoms with Gasteiger partial charge in [-0.25, -0.2) is 0 Å². The molecule has 0 radical (unpaired) electrons. The lowest BCUT2D eigenvalue weighted by molar-refractivity contribution is -0.178. The van der Waals surface area contributed by atoms with E-state index in [0.717, 1.165) is 0 Å². The number of nitrogens with two attached hydrogens (primary N) is 1. The van der Waals surface area contributed by atoms with Crippen LogP contribution < -0.4 is 5.73 Å². The number of aliphatic hydroxyl groups is 3. The Bertz CT molecular complexity index is 1000. The van der Waals surface area contributed by atoms with E-state index in [-0.39, 0.29) is 23.3 Å². The Kier molecular flexibility index (Phi) is 4.53. The van der Waals surface area contributed by atoms with Crippen LogP contribution in [0.1, 0.15) is 22.3 Å². The standard InChI is InChI=1S/C21H24N2O7/c1-23(2)15-10-7-9-6-8-4-3-5-11(24)12(8)16(25)13(9)18(27)21(10,30)19(28)14(17(15)26)20(22)29/h3-5,9-10,14-15,17,24,26-27,30H,6-7H2,1-2H3,(H2,22,29)/t9-,10-,14?,15-,17?,21-/m0/s1. The van der Waals surface area contributed by atoms with E-state index in [1.165, 1.54) is 6.07 Å². The van der Waals surface area contributed by atoms with E-state index in [1.54, 1.807) is 31.1 Å². The van der Waals surface area contributed by atoms with Crippen molar-refractivity contribution in [2.24, 2.45) is 23.5 Å². The highest BCUT2D eigenvalue weighted by molar-refractivity contribution is 6.15. The van der Waals surface area contributed by atoms with Gasteiger partial charge in [0.15, 0.2) is 17.2 Å². The van der Waals surface area contributed by atoms with Crippen LogP contribution in [0.25, 0.3) is 0 Å². The van der Waals surface area contributed by atoms with Gasteiger partial charge in [-0.15, -0.1) is 0 Å². The number of aliphatic hydroxyl groups excluding tert-OH is 2. The molecular weight excluding hydrogens is 392 g/mol. The van der Waals surface area contributed by atoms with Gasteiger partial charge in [-0.1, -0.05) is 12.1 Å². The average molecular weight is 416 g/mol. The molecule has 30 heavy (non-hydrogen) atoms. The molecule has 0 saturated heterocycles. The van der Waals surface area contributed by atoms with Crippen molar-refractivity contribution in [1.82, 2.24) is 4.90 Å². The number of primary amides is 1. The summed E-state index contributed by atoms with van der Waals surface area (Å²) in [5.74, 6) is -7.21. The van der Waals surface area contributed by atoms with E-state index in [4.69, 9.17) is 5.73 Å². The summed E-state index contributed by atoms with van der Waals surface area (Å²) < 4.78 is 0. The Morgan fingerprint density at radius 1 is 1.23 bits per heavy atom. The van der Waals surface area contributed by atoms with Crippen LogP contribution in [0.2, 0.25) is 0 Å². The minimum Gasteiger partial charge on any atom is -0.508 e. The number of carbonyl (C=O) groups is 3. The summed E-state index contributed by atoms with van der Waals surface area (Å²) in [5, 5.41) is 43.4. The number of ketones is 2. The van der Waals surface area contributed by atoms with E-state index in [1.807, 2.05) is 0 Å². The number of rotatable bonds is 2. The fourth-order valence-electron chi connectivity index (χ4n) is 5.54. The normalized spacial score (nSPS) is 35.7. The molecule has 9 nitrogen and oxygen atoms in total. The zero-order chi connectivity index (χ0) is 22.1. The molecule has 6 N–H and O–H groups in total. The van der Waals surface area contributed by atoms with Crippen molar-refractivity contribution in [2.75, 3.05) is 14.1 Å². The third kappa shape index (κ3) is 2.49. The first-order chi connectivity index (χ1) is 14.0. The molecule has 160 valence electrons. The number of amides is 1. The number of nitrogens with zero attached hydrogens (tertiary/aromatic N) is 1. The first-order valence-electron chi connectivity index (χ1n) is 9.71. The van der Waals surface area contributed by atoms with Crippen LogP contribution in [0, 0.1) is 17.8 Å². The van der Waals surface area contributed by atoms with Gasteiger partial charge in [-0.3, -0.25) is 14.4 Å². The van der Waals surface area contributed by atoms with Crippen LogP contribution in [-0.4, -0.2) is 74.6 Å². The number of allylic oxidation sites excluding steroid dienone is 1. The van der Waals surface area contributed by atoms with Crippen LogP contribution in [0.3, 0.4) is 0 Å². The molecule has 1 aromatic rings. The molecule has 0 bridgehead atoms. The molecule has 3 aliphatic carbocycles. The van der Waals surface area contributed by atoms with Crippen molar-refractivity contribution < 1.29 is 34.8 Å². The maximum Gasteiger partial charge on any atom is 0.230 e. The molecule has 0 spiro atoms. The molecule has 1 aromatic carbocycles. The maximum absolute atomic E-state index is 13.1. The Morgan fingerprint density at radius 2 is 1.90 bits per heavy atom. The number of hydrogen-bond donors (Lipinski definition) is 5. The van der Waals surface area contributed by atoms with Crippen LogP contribution in [0.5, 0.6) is 5.75 Å². The summed E-state index contributed by atoms with van der Waals surface area (Å²) in [5.41, 5.74) is 3.27. The van der Waals surface area contributed by atoms with E-state index < -0.39 is 58.7 Å². The van der Waals surface area contributed by atoms with Gasteiger partial charge in [-0.05, 0) is 44.5 Å². The summed E-state index contributed by atoms with van der Waals surface area (Å²) in [7, 11) is 3.25. The lowest BCUT2D eigenvalue weighted by atomic mass is 9.56. The number of likely N-dealkylation sites (N-methyl/N-ethyl adjacent to an activating group) is 1. The molecule has 0 aromatic heterocycles.